The largest absolute Gasteiger partial charge is 0.493 e. The van der Waals surface area contributed by atoms with Crippen LogP contribution in [0.3, 0.4) is 0 Å². The minimum absolute atomic E-state index is 0.174. The maximum atomic E-state index is 13.1. The number of hydrogen-bond donors (Lipinski definition) is 1. The third-order valence-electron chi connectivity index (χ3n) is 4.96. The Morgan fingerprint density at radius 3 is 2.23 bits per heavy atom. The summed E-state index contributed by atoms with van der Waals surface area (Å²) in [7, 11) is 4.64. The monoisotopic (exact) mass is 406 g/mol. The van der Waals surface area contributed by atoms with Gasteiger partial charge in [0.15, 0.2) is 17.3 Å². The van der Waals surface area contributed by atoms with E-state index in [9.17, 15) is 4.79 Å². The number of H-pyrrole nitrogens is 1. The smallest absolute Gasteiger partial charge is 0.277 e. The van der Waals surface area contributed by atoms with Crippen molar-refractivity contribution in [3.63, 3.8) is 0 Å². The van der Waals surface area contributed by atoms with E-state index >= 15 is 0 Å². The van der Waals surface area contributed by atoms with E-state index < -0.39 is 0 Å². The van der Waals surface area contributed by atoms with Crippen molar-refractivity contribution < 1.29 is 14.2 Å². The van der Waals surface area contributed by atoms with Crippen LogP contribution in [0.15, 0.2) is 47.3 Å². The van der Waals surface area contributed by atoms with Crippen molar-refractivity contribution in [2.45, 2.75) is 13.3 Å². The third-order valence-corrected chi connectivity index (χ3v) is 4.96. The van der Waals surface area contributed by atoms with Crippen LogP contribution >= 0.6 is 0 Å². The summed E-state index contributed by atoms with van der Waals surface area (Å²) < 4.78 is 17.6. The Morgan fingerprint density at radius 2 is 1.63 bits per heavy atom. The predicted molar refractivity (Wildman–Crippen MR) is 113 cm³/mol. The Balaban J connectivity index is 1.83. The number of nitrogens with zero attached hydrogens (tertiary/aromatic N) is 3. The molecule has 0 saturated carbocycles. The highest BCUT2D eigenvalue weighted by molar-refractivity contribution is 5.67. The van der Waals surface area contributed by atoms with Crippen LogP contribution in [-0.2, 0) is 6.42 Å². The minimum Gasteiger partial charge on any atom is -0.493 e. The van der Waals surface area contributed by atoms with Gasteiger partial charge in [-0.15, -0.1) is 0 Å². The lowest BCUT2D eigenvalue weighted by Gasteiger charge is -2.13. The standard InChI is InChI=1S/C22H22N4O4/c1-13-16(10-14-8-6-5-7-9-14)21(27)26-22(23-13)24-20(25-26)15-11-17(28-2)19(30-4)18(12-15)29-3/h5-9,11-12H,10H2,1-4H3,(H,23,24,25). The molecule has 0 saturated heterocycles. The molecule has 154 valence electrons. The van der Waals surface area contributed by atoms with Crippen molar-refractivity contribution in [1.29, 1.82) is 0 Å². The Labute approximate surface area is 173 Å². The molecular formula is C22H22N4O4. The van der Waals surface area contributed by atoms with Gasteiger partial charge in [-0.1, -0.05) is 30.3 Å². The second-order valence-electron chi connectivity index (χ2n) is 6.76. The SMILES string of the molecule is COc1cc(-c2nc3nc(C)c(Cc4ccccc4)c(=O)n3[nH]2)cc(OC)c1OC. The maximum absolute atomic E-state index is 13.1. The summed E-state index contributed by atoms with van der Waals surface area (Å²) in [5.41, 5.74) is 2.83. The molecule has 4 rings (SSSR count). The lowest BCUT2D eigenvalue weighted by molar-refractivity contribution is 0.324. The van der Waals surface area contributed by atoms with E-state index in [4.69, 9.17) is 14.2 Å². The first-order valence-corrected chi connectivity index (χ1v) is 9.38. The second kappa shape index (κ2) is 7.90. The summed E-state index contributed by atoms with van der Waals surface area (Å²) >= 11 is 0. The van der Waals surface area contributed by atoms with Crippen LogP contribution in [0.25, 0.3) is 17.2 Å². The molecule has 30 heavy (non-hydrogen) atoms. The van der Waals surface area contributed by atoms with Gasteiger partial charge < -0.3 is 14.2 Å². The van der Waals surface area contributed by atoms with Crippen molar-refractivity contribution in [2.75, 3.05) is 21.3 Å². The Hall–Kier alpha value is -3.81. The van der Waals surface area contributed by atoms with Gasteiger partial charge in [-0.2, -0.15) is 9.50 Å². The summed E-state index contributed by atoms with van der Waals surface area (Å²) in [6.45, 7) is 1.83. The molecule has 0 spiro atoms. The van der Waals surface area contributed by atoms with Crippen LogP contribution in [0, 0.1) is 6.92 Å². The van der Waals surface area contributed by atoms with Gasteiger partial charge in [0.2, 0.25) is 5.75 Å². The summed E-state index contributed by atoms with van der Waals surface area (Å²) in [5, 5.41) is 3.05. The summed E-state index contributed by atoms with van der Waals surface area (Å²) in [4.78, 5) is 22.2. The number of rotatable bonds is 6. The molecule has 2 aromatic heterocycles. The van der Waals surface area contributed by atoms with Crippen molar-refractivity contribution in [3.8, 4) is 28.6 Å². The number of ether oxygens (including phenoxy) is 3. The molecule has 0 amide bonds. The molecule has 0 bridgehead atoms. The van der Waals surface area contributed by atoms with Gasteiger partial charge in [0.05, 0.1) is 27.0 Å². The molecule has 1 N–H and O–H groups in total. The van der Waals surface area contributed by atoms with Crippen molar-refractivity contribution in [1.82, 2.24) is 19.6 Å². The molecule has 0 aliphatic heterocycles. The van der Waals surface area contributed by atoms with Gasteiger partial charge in [-0.05, 0) is 24.6 Å². The number of benzene rings is 2. The zero-order chi connectivity index (χ0) is 21.3. The van der Waals surface area contributed by atoms with Gasteiger partial charge >= 0.3 is 0 Å². The van der Waals surface area contributed by atoms with Crippen molar-refractivity contribution in [2.24, 2.45) is 0 Å². The second-order valence-corrected chi connectivity index (χ2v) is 6.76. The topological polar surface area (TPSA) is 90.7 Å². The molecule has 2 aromatic carbocycles. The fraction of sp³-hybridized carbons (Fsp3) is 0.227. The van der Waals surface area contributed by atoms with Crippen LogP contribution < -0.4 is 19.8 Å². The highest BCUT2D eigenvalue weighted by Crippen LogP contribution is 2.40. The third kappa shape index (κ3) is 3.36. The maximum Gasteiger partial charge on any atom is 0.277 e. The first-order chi connectivity index (χ1) is 14.5. The first kappa shape index (κ1) is 19.5. The molecule has 0 aliphatic carbocycles. The fourth-order valence-electron chi connectivity index (χ4n) is 3.41. The van der Waals surface area contributed by atoms with Crippen LogP contribution in [0.2, 0.25) is 0 Å². The Kier molecular flexibility index (Phi) is 5.14. The molecule has 2 heterocycles. The molecule has 4 aromatic rings. The zero-order valence-corrected chi connectivity index (χ0v) is 17.2. The summed E-state index contributed by atoms with van der Waals surface area (Å²) in [5.74, 6) is 2.24. The van der Waals surface area contributed by atoms with Gasteiger partial charge in [0, 0.05) is 17.5 Å². The first-order valence-electron chi connectivity index (χ1n) is 9.38. The fourth-order valence-corrected chi connectivity index (χ4v) is 3.41. The van der Waals surface area contributed by atoms with Crippen LogP contribution in [0.1, 0.15) is 16.8 Å². The number of methoxy groups -OCH3 is 3. The Morgan fingerprint density at radius 1 is 0.967 bits per heavy atom. The number of aromatic nitrogens is 4. The molecule has 8 heteroatoms. The van der Waals surface area contributed by atoms with Crippen molar-refractivity contribution in [3.05, 3.63) is 69.6 Å². The molecule has 0 aliphatic rings. The Bertz CT molecular complexity index is 1240. The lowest BCUT2D eigenvalue weighted by atomic mass is 10.1. The quantitative estimate of drug-likeness (QED) is 0.529. The van der Waals surface area contributed by atoms with Gasteiger partial charge in [0.25, 0.3) is 11.3 Å². The van der Waals surface area contributed by atoms with E-state index in [1.54, 1.807) is 33.5 Å². The van der Waals surface area contributed by atoms with E-state index in [-0.39, 0.29) is 5.56 Å². The summed E-state index contributed by atoms with van der Waals surface area (Å²) in [6, 6.07) is 13.4. The molecule has 0 fully saturated rings. The molecule has 0 radical (unpaired) electrons. The van der Waals surface area contributed by atoms with Gasteiger partial charge in [-0.25, -0.2) is 4.98 Å². The normalized spacial score (nSPS) is 10.9. The number of aryl methyl sites for hydroxylation is 1. The predicted octanol–water partition coefficient (Wildman–Crippen LogP) is 3.01. The average Bonchev–Trinajstić information content (AvgIpc) is 3.20. The minimum atomic E-state index is -0.174. The highest BCUT2D eigenvalue weighted by Gasteiger charge is 2.18. The zero-order valence-electron chi connectivity index (χ0n) is 17.2. The van der Waals surface area contributed by atoms with E-state index in [1.165, 1.54) is 4.52 Å². The van der Waals surface area contributed by atoms with Gasteiger partial charge in [0.1, 0.15) is 0 Å². The number of fused-ring (bicyclic) bond motifs is 1. The number of hydrogen-bond acceptors (Lipinski definition) is 6. The van der Waals surface area contributed by atoms with Crippen LogP contribution in [0.4, 0.5) is 0 Å². The van der Waals surface area contributed by atoms with Crippen molar-refractivity contribution >= 4 is 5.78 Å². The molecule has 8 nitrogen and oxygen atoms in total. The van der Waals surface area contributed by atoms with E-state index in [0.717, 1.165) is 5.56 Å². The highest BCUT2D eigenvalue weighted by atomic mass is 16.5. The number of nitrogens with one attached hydrogen (secondary N) is 1. The van der Waals surface area contributed by atoms with E-state index in [2.05, 4.69) is 15.1 Å². The van der Waals surface area contributed by atoms with E-state index in [0.29, 0.717) is 52.1 Å². The van der Waals surface area contributed by atoms with Crippen LogP contribution in [-0.4, -0.2) is 40.9 Å². The molecule has 0 unspecified atom stereocenters. The number of aromatic amines is 1. The van der Waals surface area contributed by atoms with Gasteiger partial charge in [-0.3, -0.25) is 9.89 Å². The average molecular weight is 406 g/mol. The summed E-state index contributed by atoms with van der Waals surface area (Å²) in [6.07, 6.45) is 0.500. The van der Waals surface area contributed by atoms with Crippen LogP contribution in [0.5, 0.6) is 17.2 Å². The lowest BCUT2D eigenvalue weighted by Crippen LogP contribution is -2.22. The molecular weight excluding hydrogens is 384 g/mol. The van der Waals surface area contributed by atoms with E-state index in [1.807, 2.05) is 37.3 Å². The molecule has 0 atom stereocenters.